The lowest BCUT2D eigenvalue weighted by molar-refractivity contribution is 0.423. The van der Waals surface area contributed by atoms with E-state index in [1.165, 1.54) is 11.6 Å². The molecule has 0 aliphatic carbocycles. The Balaban J connectivity index is 1.84. The van der Waals surface area contributed by atoms with Crippen molar-refractivity contribution in [1.29, 1.82) is 0 Å². The van der Waals surface area contributed by atoms with E-state index < -0.39 is 0 Å². The van der Waals surface area contributed by atoms with Gasteiger partial charge in [0.05, 0.1) is 5.02 Å². The topological polar surface area (TPSA) is 59.2 Å². The van der Waals surface area contributed by atoms with Crippen LogP contribution in [0.15, 0.2) is 47.0 Å². The highest BCUT2D eigenvalue weighted by Gasteiger charge is 2.11. The van der Waals surface area contributed by atoms with Gasteiger partial charge in [0.25, 0.3) is 5.89 Å². The molecule has 1 heterocycles. The molecule has 21 heavy (non-hydrogen) atoms. The minimum Gasteiger partial charge on any atom is -0.506 e. The first kappa shape index (κ1) is 13.6. The summed E-state index contributed by atoms with van der Waals surface area (Å²) in [5.74, 6) is 1.03. The Morgan fingerprint density at radius 1 is 1.19 bits per heavy atom. The molecule has 2 aromatic carbocycles. The number of phenols is 1. The van der Waals surface area contributed by atoms with Crippen LogP contribution in [0.5, 0.6) is 5.75 Å². The van der Waals surface area contributed by atoms with Crippen LogP contribution >= 0.6 is 11.6 Å². The van der Waals surface area contributed by atoms with Crippen LogP contribution in [0.1, 0.15) is 17.0 Å². The fourth-order valence-electron chi connectivity index (χ4n) is 2.09. The first-order valence-electron chi connectivity index (χ1n) is 6.49. The summed E-state index contributed by atoms with van der Waals surface area (Å²) in [5.41, 5.74) is 3.01. The normalized spacial score (nSPS) is 10.8. The second-order valence-electron chi connectivity index (χ2n) is 4.85. The Kier molecular flexibility index (Phi) is 3.62. The monoisotopic (exact) mass is 300 g/mol. The van der Waals surface area contributed by atoms with E-state index in [2.05, 4.69) is 16.2 Å². The van der Waals surface area contributed by atoms with Gasteiger partial charge in [-0.1, -0.05) is 46.6 Å². The predicted octanol–water partition coefficient (Wildman–Crippen LogP) is 3.99. The average Bonchev–Trinajstić information content (AvgIpc) is 2.90. The summed E-state index contributed by atoms with van der Waals surface area (Å²) < 4.78 is 5.25. The first-order valence-corrected chi connectivity index (χ1v) is 6.86. The van der Waals surface area contributed by atoms with Crippen molar-refractivity contribution in [1.82, 2.24) is 10.1 Å². The van der Waals surface area contributed by atoms with Crippen molar-refractivity contribution in [2.24, 2.45) is 0 Å². The van der Waals surface area contributed by atoms with Crippen LogP contribution in [-0.4, -0.2) is 15.2 Å². The number of phenolic OH excluding ortho intramolecular Hbond substituents is 1. The van der Waals surface area contributed by atoms with E-state index in [0.29, 0.717) is 23.7 Å². The summed E-state index contributed by atoms with van der Waals surface area (Å²) in [6, 6.07) is 13.0. The number of hydrogen-bond acceptors (Lipinski definition) is 4. The minimum atomic E-state index is 0.0277. The van der Waals surface area contributed by atoms with Crippen LogP contribution in [0.25, 0.3) is 11.5 Å². The second-order valence-corrected chi connectivity index (χ2v) is 5.25. The van der Waals surface area contributed by atoms with Crippen LogP contribution < -0.4 is 0 Å². The molecule has 106 valence electrons. The Morgan fingerprint density at radius 3 is 2.81 bits per heavy atom. The van der Waals surface area contributed by atoms with Crippen molar-refractivity contribution >= 4 is 11.6 Å². The van der Waals surface area contributed by atoms with Gasteiger partial charge in [-0.3, -0.25) is 0 Å². The summed E-state index contributed by atoms with van der Waals surface area (Å²) in [4.78, 5) is 4.36. The molecule has 0 aliphatic heterocycles. The van der Waals surface area contributed by atoms with Crippen LogP contribution in [0.3, 0.4) is 0 Å². The Labute approximate surface area is 127 Å². The highest BCUT2D eigenvalue weighted by atomic mass is 35.5. The maximum absolute atomic E-state index is 9.42. The summed E-state index contributed by atoms with van der Waals surface area (Å²) in [6.07, 6.45) is 0.608. The molecule has 3 aromatic rings. The molecule has 0 amide bonds. The zero-order valence-electron chi connectivity index (χ0n) is 11.4. The molecule has 3 rings (SSSR count). The van der Waals surface area contributed by atoms with Crippen molar-refractivity contribution in [2.75, 3.05) is 0 Å². The molecule has 0 aliphatic rings. The van der Waals surface area contributed by atoms with Crippen molar-refractivity contribution in [3.63, 3.8) is 0 Å². The van der Waals surface area contributed by atoms with Gasteiger partial charge >= 0.3 is 0 Å². The second kappa shape index (κ2) is 5.58. The standard InChI is InChI=1S/C16H13ClN2O2/c1-10-3-2-4-11(7-10)8-15-18-16(21-19-15)12-5-6-14(20)13(17)9-12/h2-7,9,20H,8H2,1H3. The SMILES string of the molecule is Cc1cccc(Cc2noc(-c3ccc(O)c(Cl)c3)n2)c1. The molecule has 0 unspecified atom stereocenters. The molecule has 0 spiro atoms. The van der Waals surface area contributed by atoms with E-state index in [9.17, 15) is 5.11 Å². The lowest BCUT2D eigenvalue weighted by atomic mass is 10.1. The molecule has 1 N–H and O–H groups in total. The molecule has 0 bridgehead atoms. The Morgan fingerprint density at radius 2 is 2.05 bits per heavy atom. The maximum Gasteiger partial charge on any atom is 0.257 e. The zero-order chi connectivity index (χ0) is 14.8. The van der Waals surface area contributed by atoms with E-state index in [4.69, 9.17) is 16.1 Å². The molecule has 0 fully saturated rings. The third-order valence-electron chi connectivity index (χ3n) is 3.11. The van der Waals surface area contributed by atoms with Gasteiger partial charge in [0.1, 0.15) is 5.75 Å². The number of hydrogen-bond donors (Lipinski definition) is 1. The van der Waals surface area contributed by atoms with Crippen LogP contribution in [-0.2, 0) is 6.42 Å². The van der Waals surface area contributed by atoms with Crippen molar-refractivity contribution < 1.29 is 9.63 Å². The molecule has 1 aromatic heterocycles. The van der Waals surface area contributed by atoms with Gasteiger partial charge in [-0.15, -0.1) is 0 Å². The number of benzene rings is 2. The van der Waals surface area contributed by atoms with Gasteiger partial charge in [-0.05, 0) is 30.7 Å². The molecule has 0 saturated carbocycles. The predicted molar refractivity (Wildman–Crippen MR) is 80.4 cm³/mol. The average molecular weight is 301 g/mol. The number of halogens is 1. The lowest BCUT2D eigenvalue weighted by Gasteiger charge is -1.98. The number of aromatic hydroxyl groups is 1. The van der Waals surface area contributed by atoms with E-state index in [1.54, 1.807) is 12.1 Å². The van der Waals surface area contributed by atoms with Crippen LogP contribution in [0, 0.1) is 6.92 Å². The highest BCUT2D eigenvalue weighted by Crippen LogP contribution is 2.28. The molecule has 0 saturated heterocycles. The smallest absolute Gasteiger partial charge is 0.257 e. The molecular formula is C16H13ClN2O2. The highest BCUT2D eigenvalue weighted by molar-refractivity contribution is 6.32. The number of rotatable bonds is 3. The van der Waals surface area contributed by atoms with E-state index >= 15 is 0 Å². The third kappa shape index (κ3) is 3.06. The molecule has 0 radical (unpaired) electrons. The number of nitrogens with zero attached hydrogens (tertiary/aromatic N) is 2. The van der Waals surface area contributed by atoms with Crippen molar-refractivity contribution in [3.8, 4) is 17.2 Å². The Hall–Kier alpha value is -2.33. The van der Waals surface area contributed by atoms with Crippen LogP contribution in [0.2, 0.25) is 5.02 Å². The number of aryl methyl sites for hydroxylation is 1. The fraction of sp³-hybridized carbons (Fsp3) is 0.125. The summed E-state index contributed by atoms with van der Waals surface area (Å²) in [6.45, 7) is 2.05. The summed E-state index contributed by atoms with van der Waals surface area (Å²) >= 11 is 5.88. The lowest BCUT2D eigenvalue weighted by Crippen LogP contribution is -1.91. The third-order valence-corrected chi connectivity index (χ3v) is 3.41. The fourth-order valence-corrected chi connectivity index (χ4v) is 2.27. The van der Waals surface area contributed by atoms with Gasteiger partial charge < -0.3 is 9.63 Å². The van der Waals surface area contributed by atoms with Gasteiger partial charge in [0, 0.05) is 12.0 Å². The first-order chi connectivity index (χ1) is 10.1. The van der Waals surface area contributed by atoms with Gasteiger partial charge in [-0.2, -0.15) is 4.98 Å². The summed E-state index contributed by atoms with van der Waals surface area (Å²) in [5, 5.41) is 13.7. The molecule has 4 nitrogen and oxygen atoms in total. The number of aromatic nitrogens is 2. The largest absolute Gasteiger partial charge is 0.506 e. The minimum absolute atomic E-state index is 0.0277. The van der Waals surface area contributed by atoms with Crippen LogP contribution in [0.4, 0.5) is 0 Å². The maximum atomic E-state index is 9.42. The van der Waals surface area contributed by atoms with Gasteiger partial charge in [0.2, 0.25) is 0 Å². The van der Waals surface area contributed by atoms with E-state index in [-0.39, 0.29) is 10.8 Å². The molecule has 0 atom stereocenters. The van der Waals surface area contributed by atoms with E-state index in [1.807, 2.05) is 25.1 Å². The molecular weight excluding hydrogens is 288 g/mol. The Bertz CT molecular complexity index is 783. The van der Waals surface area contributed by atoms with E-state index in [0.717, 1.165) is 5.56 Å². The summed E-state index contributed by atoms with van der Waals surface area (Å²) in [7, 11) is 0. The quantitative estimate of drug-likeness (QED) is 0.794. The van der Waals surface area contributed by atoms with Gasteiger partial charge in [0.15, 0.2) is 5.82 Å². The van der Waals surface area contributed by atoms with Crippen molar-refractivity contribution in [3.05, 3.63) is 64.4 Å². The van der Waals surface area contributed by atoms with Gasteiger partial charge in [-0.25, -0.2) is 0 Å². The zero-order valence-corrected chi connectivity index (χ0v) is 12.1. The molecule has 5 heteroatoms. The van der Waals surface area contributed by atoms with Crippen molar-refractivity contribution in [2.45, 2.75) is 13.3 Å².